The number of fused-ring (bicyclic) bond motifs is 2. The number of nitrogens with zero attached hydrogens (tertiary/aromatic N) is 4. The van der Waals surface area contributed by atoms with E-state index in [9.17, 15) is 10.4 Å². The molecule has 0 bridgehead atoms. The lowest BCUT2D eigenvalue weighted by molar-refractivity contribution is 0.402. The highest BCUT2D eigenvalue weighted by Crippen LogP contribution is 2.33. The van der Waals surface area contributed by atoms with Gasteiger partial charge in [-0.25, -0.2) is 15.0 Å². The first-order chi connectivity index (χ1) is 13.6. The van der Waals surface area contributed by atoms with Gasteiger partial charge < -0.3 is 10.1 Å². The molecule has 2 N–H and O–H groups in total. The summed E-state index contributed by atoms with van der Waals surface area (Å²) in [5.41, 5.74) is 2.55. The second-order valence-electron chi connectivity index (χ2n) is 6.33. The number of aliphatic hydroxyl groups is 1. The van der Waals surface area contributed by atoms with Crippen LogP contribution in [0.4, 0.5) is 0 Å². The van der Waals surface area contributed by atoms with Crippen LogP contribution >= 0.6 is 11.8 Å². The smallest absolute Gasteiger partial charge is 0.152 e. The zero-order valence-corrected chi connectivity index (χ0v) is 16.2. The van der Waals surface area contributed by atoms with Crippen LogP contribution in [-0.4, -0.2) is 30.3 Å². The number of thioether (sulfide) groups is 1. The van der Waals surface area contributed by atoms with Gasteiger partial charge in [0.2, 0.25) is 0 Å². The number of benzene rings is 2. The van der Waals surface area contributed by atoms with E-state index in [0.29, 0.717) is 11.6 Å². The van der Waals surface area contributed by atoms with Gasteiger partial charge in [-0.15, -0.1) is 0 Å². The van der Waals surface area contributed by atoms with Gasteiger partial charge >= 0.3 is 0 Å². The Bertz CT molecular complexity index is 1220. The van der Waals surface area contributed by atoms with E-state index in [1.54, 1.807) is 0 Å². The molecule has 0 fully saturated rings. The van der Waals surface area contributed by atoms with Crippen LogP contribution in [-0.2, 0) is 0 Å². The molecule has 4 rings (SSSR count). The third kappa shape index (κ3) is 3.30. The van der Waals surface area contributed by atoms with Crippen LogP contribution in [0.25, 0.3) is 27.5 Å². The number of imidazole rings is 1. The van der Waals surface area contributed by atoms with E-state index in [-0.39, 0.29) is 16.6 Å². The van der Waals surface area contributed by atoms with Crippen LogP contribution in [0.1, 0.15) is 18.6 Å². The summed E-state index contributed by atoms with van der Waals surface area (Å²) in [7, 11) is 0. The van der Waals surface area contributed by atoms with Crippen LogP contribution in [0.3, 0.4) is 0 Å². The van der Waals surface area contributed by atoms with Crippen molar-refractivity contribution in [2.75, 3.05) is 0 Å². The first-order valence-electron chi connectivity index (χ1n) is 8.75. The average Bonchev–Trinajstić information content (AvgIpc) is 3.12. The number of allylic oxidation sites excluding steroid dienone is 1. The van der Waals surface area contributed by atoms with E-state index in [0.717, 1.165) is 27.0 Å². The number of H-pyrrole nitrogens is 1. The first kappa shape index (κ1) is 18.0. The zero-order valence-electron chi connectivity index (χ0n) is 15.3. The lowest BCUT2D eigenvalue weighted by Crippen LogP contribution is -2.06. The molecule has 0 unspecified atom stereocenters. The summed E-state index contributed by atoms with van der Waals surface area (Å²) in [6.45, 7) is 3.68. The van der Waals surface area contributed by atoms with Gasteiger partial charge in [0, 0.05) is 5.39 Å². The maximum atomic E-state index is 10.8. The Morgan fingerprint density at radius 1 is 1.07 bits per heavy atom. The van der Waals surface area contributed by atoms with Crippen molar-refractivity contribution in [1.82, 2.24) is 19.9 Å². The second-order valence-corrected chi connectivity index (χ2v) is 7.66. The minimum Gasteiger partial charge on any atom is -0.510 e. The molecule has 0 saturated heterocycles. The Morgan fingerprint density at radius 3 is 2.54 bits per heavy atom. The number of aromatic nitrogens is 4. The molecule has 0 saturated carbocycles. The Hall–Kier alpha value is -3.37. The van der Waals surface area contributed by atoms with Crippen molar-refractivity contribution in [2.24, 2.45) is 0 Å². The number of aromatic amines is 1. The predicted molar refractivity (Wildman–Crippen MR) is 111 cm³/mol. The molecule has 0 aliphatic rings. The minimum atomic E-state index is -0.388. The molecule has 0 amide bonds. The van der Waals surface area contributed by atoms with Crippen LogP contribution in [0.5, 0.6) is 0 Å². The number of hydrogen-bond acceptors (Lipinski definition) is 6. The molecule has 0 spiro atoms. The van der Waals surface area contributed by atoms with Gasteiger partial charge in [-0.05, 0) is 32.0 Å². The van der Waals surface area contributed by atoms with Gasteiger partial charge in [-0.3, -0.25) is 0 Å². The SMILES string of the molecule is Cc1nc(S[C@H](C)/C(O)=C(\C#N)c2nc3ccccc3[nH]2)c2ccccc2n1. The van der Waals surface area contributed by atoms with Crippen LogP contribution in [0.15, 0.2) is 59.3 Å². The Balaban J connectivity index is 1.72. The Morgan fingerprint density at radius 2 is 1.79 bits per heavy atom. The normalized spacial score (nSPS) is 13.3. The number of rotatable bonds is 4. The molecule has 2 aromatic heterocycles. The summed E-state index contributed by atoms with van der Waals surface area (Å²) in [5, 5.41) is 21.7. The van der Waals surface area contributed by atoms with Gasteiger partial charge in [0.15, 0.2) is 5.82 Å². The molecule has 0 aliphatic heterocycles. The first-order valence-corrected chi connectivity index (χ1v) is 9.63. The van der Waals surface area contributed by atoms with Crippen LogP contribution < -0.4 is 0 Å². The summed E-state index contributed by atoms with van der Waals surface area (Å²) in [4.78, 5) is 16.5. The van der Waals surface area contributed by atoms with Gasteiger partial charge in [0.1, 0.15) is 28.3 Å². The van der Waals surface area contributed by atoms with E-state index in [1.807, 2.05) is 62.4 Å². The fourth-order valence-corrected chi connectivity index (χ4v) is 4.03. The molecule has 0 aliphatic carbocycles. The monoisotopic (exact) mass is 387 g/mol. The fraction of sp³-hybridized carbons (Fsp3) is 0.143. The average molecular weight is 387 g/mol. The lowest BCUT2D eigenvalue weighted by Gasteiger charge is -2.13. The fourth-order valence-electron chi connectivity index (χ4n) is 2.98. The molecule has 28 heavy (non-hydrogen) atoms. The van der Waals surface area contributed by atoms with Crippen LogP contribution in [0, 0.1) is 18.3 Å². The van der Waals surface area contributed by atoms with E-state index in [4.69, 9.17) is 0 Å². The second kappa shape index (κ2) is 7.33. The van der Waals surface area contributed by atoms with Crippen molar-refractivity contribution >= 4 is 39.3 Å². The van der Waals surface area contributed by atoms with Gasteiger partial charge in [0.05, 0.1) is 21.8 Å². The maximum Gasteiger partial charge on any atom is 0.152 e. The number of para-hydroxylation sites is 3. The van der Waals surface area contributed by atoms with Gasteiger partial charge in [-0.2, -0.15) is 5.26 Å². The van der Waals surface area contributed by atoms with Crippen molar-refractivity contribution in [1.29, 1.82) is 5.26 Å². The van der Waals surface area contributed by atoms with E-state index < -0.39 is 0 Å². The molecule has 2 aromatic carbocycles. The quantitative estimate of drug-likeness (QED) is 0.226. The molecule has 4 aromatic rings. The number of hydrogen-bond donors (Lipinski definition) is 2. The van der Waals surface area contributed by atoms with Crippen molar-refractivity contribution in [3.05, 3.63) is 65.9 Å². The molecular weight excluding hydrogens is 370 g/mol. The van der Waals surface area contributed by atoms with E-state index in [2.05, 4.69) is 26.0 Å². The number of nitriles is 1. The van der Waals surface area contributed by atoms with Gasteiger partial charge in [0.25, 0.3) is 0 Å². The van der Waals surface area contributed by atoms with Crippen molar-refractivity contribution in [2.45, 2.75) is 24.1 Å². The largest absolute Gasteiger partial charge is 0.510 e. The Labute approximate surface area is 166 Å². The molecule has 7 heteroatoms. The van der Waals surface area contributed by atoms with Crippen molar-refractivity contribution in [3.8, 4) is 6.07 Å². The highest BCUT2D eigenvalue weighted by Gasteiger charge is 2.20. The summed E-state index contributed by atoms with van der Waals surface area (Å²) in [6.07, 6.45) is 0. The summed E-state index contributed by atoms with van der Waals surface area (Å²) < 4.78 is 0. The van der Waals surface area contributed by atoms with E-state index >= 15 is 0 Å². The highest BCUT2D eigenvalue weighted by atomic mass is 32.2. The summed E-state index contributed by atoms with van der Waals surface area (Å²) in [5.74, 6) is 0.985. The van der Waals surface area contributed by atoms with Crippen molar-refractivity contribution in [3.63, 3.8) is 0 Å². The number of nitrogens with one attached hydrogen (secondary N) is 1. The third-order valence-corrected chi connectivity index (χ3v) is 5.46. The minimum absolute atomic E-state index is 0.0353. The zero-order chi connectivity index (χ0) is 19.7. The van der Waals surface area contributed by atoms with Crippen molar-refractivity contribution < 1.29 is 5.11 Å². The molecule has 6 nitrogen and oxygen atoms in total. The summed E-state index contributed by atoms with van der Waals surface area (Å²) >= 11 is 1.39. The molecule has 0 radical (unpaired) electrons. The van der Waals surface area contributed by atoms with Crippen LogP contribution in [0.2, 0.25) is 0 Å². The molecule has 1 atom stereocenters. The maximum absolute atomic E-state index is 10.8. The predicted octanol–water partition coefficient (Wildman–Crippen LogP) is 4.79. The topological polar surface area (TPSA) is 98.5 Å². The lowest BCUT2D eigenvalue weighted by atomic mass is 10.2. The molecule has 138 valence electrons. The summed E-state index contributed by atoms with van der Waals surface area (Å²) in [6, 6.07) is 17.3. The number of aliphatic hydroxyl groups excluding tert-OH is 1. The third-order valence-electron chi connectivity index (χ3n) is 4.35. The van der Waals surface area contributed by atoms with E-state index in [1.165, 1.54) is 11.8 Å². The molecular formula is C21H17N5OS. The Kier molecular flexibility index (Phi) is 4.72. The van der Waals surface area contributed by atoms with Gasteiger partial charge in [-0.1, -0.05) is 42.1 Å². The number of aryl methyl sites for hydroxylation is 1. The standard InChI is InChI=1S/C21H17N5OS/c1-12(28-21-14-7-3-4-8-16(14)23-13(2)24-21)19(27)15(11-22)20-25-17-9-5-6-10-18(17)26-20/h3-10,12,27H,1-2H3,(H,25,26)/b19-15-/t12-/m1/s1. The molecule has 2 heterocycles. The highest BCUT2D eigenvalue weighted by molar-refractivity contribution is 8.00.